The minimum absolute atomic E-state index is 0.135. The van der Waals surface area contributed by atoms with Crippen LogP contribution >= 0.6 is 0 Å². The van der Waals surface area contributed by atoms with Crippen molar-refractivity contribution >= 4 is 12.3 Å². The van der Waals surface area contributed by atoms with Crippen molar-refractivity contribution in [3.63, 3.8) is 0 Å². The van der Waals surface area contributed by atoms with Gasteiger partial charge in [-0.25, -0.2) is 4.79 Å². The largest absolute Gasteiger partial charge is 0.466 e. The molecule has 0 heterocycles. The molecule has 0 aromatic rings. The second-order valence-electron chi connectivity index (χ2n) is 2.58. The molecule has 1 fully saturated rings. The fraction of sp³-hybridized carbons (Fsp3) is 0.500. The van der Waals surface area contributed by atoms with E-state index in [1.807, 2.05) is 0 Å². The Hall–Kier alpha value is -1.12. The summed E-state index contributed by atoms with van der Waals surface area (Å²) < 4.78 is 4.38. The second-order valence-corrected chi connectivity index (χ2v) is 2.58. The number of hydrogen-bond acceptors (Lipinski definition) is 3. The molecule has 0 saturated heterocycles. The zero-order valence-electron chi connectivity index (χ0n) is 6.32. The van der Waals surface area contributed by atoms with Crippen molar-refractivity contribution in [3.05, 3.63) is 12.2 Å². The maximum atomic E-state index is 10.5. The average molecular weight is 154 g/mol. The summed E-state index contributed by atoms with van der Waals surface area (Å²) in [6, 6.07) is 0. The SMILES string of the molecule is COC(=O)C=CC1CC1C=O. The molecule has 0 bridgehead atoms. The van der Waals surface area contributed by atoms with Crippen LogP contribution in [0.5, 0.6) is 0 Å². The van der Waals surface area contributed by atoms with Gasteiger partial charge in [0.25, 0.3) is 0 Å². The molecule has 0 aliphatic heterocycles. The molecule has 1 aliphatic rings. The minimum atomic E-state index is -0.360. The molecule has 0 spiro atoms. The number of carbonyl (C=O) groups excluding carboxylic acids is 2. The van der Waals surface area contributed by atoms with Crippen LogP contribution in [0.3, 0.4) is 0 Å². The van der Waals surface area contributed by atoms with Crippen molar-refractivity contribution in [2.75, 3.05) is 7.11 Å². The maximum Gasteiger partial charge on any atom is 0.330 e. The first kappa shape index (κ1) is 7.98. The van der Waals surface area contributed by atoms with Crippen molar-refractivity contribution in [3.8, 4) is 0 Å². The molecule has 2 atom stereocenters. The summed E-state index contributed by atoms with van der Waals surface area (Å²) in [5.41, 5.74) is 0. The van der Waals surface area contributed by atoms with Gasteiger partial charge in [-0.05, 0) is 12.3 Å². The number of rotatable bonds is 3. The van der Waals surface area contributed by atoms with Crippen LogP contribution in [0.2, 0.25) is 0 Å². The molecular weight excluding hydrogens is 144 g/mol. The quantitative estimate of drug-likeness (QED) is 0.338. The first-order valence-electron chi connectivity index (χ1n) is 3.49. The second kappa shape index (κ2) is 3.32. The lowest BCUT2D eigenvalue weighted by Crippen LogP contribution is -1.93. The van der Waals surface area contributed by atoms with Gasteiger partial charge in [-0.1, -0.05) is 6.08 Å². The summed E-state index contributed by atoms with van der Waals surface area (Å²) in [6.07, 6.45) is 4.89. The van der Waals surface area contributed by atoms with Crippen LogP contribution < -0.4 is 0 Å². The Labute approximate surface area is 65.0 Å². The number of allylic oxidation sites excluding steroid dienone is 1. The van der Waals surface area contributed by atoms with Gasteiger partial charge in [-0.15, -0.1) is 0 Å². The first-order chi connectivity index (χ1) is 5.27. The highest BCUT2D eigenvalue weighted by atomic mass is 16.5. The molecule has 60 valence electrons. The van der Waals surface area contributed by atoms with E-state index in [2.05, 4.69) is 4.74 Å². The Morgan fingerprint density at radius 2 is 2.27 bits per heavy atom. The summed E-state index contributed by atoms with van der Waals surface area (Å²) in [7, 11) is 1.33. The minimum Gasteiger partial charge on any atom is -0.466 e. The lowest BCUT2D eigenvalue weighted by atomic mass is 10.3. The number of hydrogen-bond donors (Lipinski definition) is 0. The molecule has 1 rings (SSSR count). The topological polar surface area (TPSA) is 43.4 Å². The summed E-state index contributed by atoms with van der Waals surface area (Å²) in [5.74, 6) is 0.0454. The van der Waals surface area contributed by atoms with Crippen molar-refractivity contribution in [1.29, 1.82) is 0 Å². The van der Waals surface area contributed by atoms with E-state index < -0.39 is 0 Å². The van der Waals surface area contributed by atoms with E-state index in [0.29, 0.717) is 0 Å². The summed E-state index contributed by atoms with van der Waals surface area (Å²) in [6.45, 7) is 0. The van der Waals surface area contributed by atoms with Crippen molar-refractivity contribution in [1.82, 2.24) is 0 Å². The van der Waals surface area contributed by atoms with Crippen molar-refractivity contribution < 1.29 is 14.3 Å². The monoisotopic (exact) mass is 154 g/mol. The normalized spacial score (nSPS) is 28.5. The highest BCUT2D eigenvalue weighted by Crippen LogP contribution is 2.37. The number of esters is 1. The van der Waals surface area contributed by atoms with Crippen molar-refractivity contribution in [2.24, 2.45) is 11.8 Å². The Kier molecular flexibility index (Phi) is 2.41. The fourth-order valence-corrected chi connectivity index (χ4v) is 0.884. The third-order valence-corrected chi connectivity index (χ3v) is 1.75. The smallest absolute Gasteiger partial charge is 0.330 e. The van der Waals surface area contributed by atoms with Crippen LogP contribution in [-0.2, 0) is 14.3 Å². The summed E-state index contributed by atoms with van der Waals surface area (Å²) >= 11 is 0. The molecule has 3 nitrogen and oxygen atoms in total. The molecule has 3 heteroatoms. The first-order valence-corrected chi connectivity index (χ1v) is 3.49. The molecule has 0 amide bonds. The molecular formula is C8H10O3. The number of aldehydes is 1. The average Bonchev–Trinajstić information content (AvgIpc) is 2.78. The molecule has 0 aromatic heterocycles. The number of carbonyl (C=O) groups is 2. The van der Waals surface area contributed by atoms with E-state index in [-0.39, 0.29) is 17.8 Å². The van der Waals surface area contributed by atoms with Gasteiger partial charge in [0.05, 0.1) is 7.11 Å². The molecule has 1 aliphatic carbocycles. The predicted molar refractivity (Wildman–Crippen MR) is 38.8 cm³/mol. The van der Waals surface area contributed by atoms with E-state index in [1.165, 1.54) is 13.2 Å². The summed E-state index contributed by atoms with van der Waals surface area (Å²) in [4.78, 5) is 20.7. The Morgan fingerprint density at radius 3 is 2.73 bits per heavy atom. The Bertz CT molecular complexity index is 196. The van der Waals surface area contributed by atoms with Crippen molar-refractivity contribution in [2.45, 2.75) is 6.42 Å². The van der Waals surface area contributed by atoms with Crippen LogP contribution in [-0.4, -0.2) is 19.4 Å². The maximum absolute atomic E-state index is 10.5. The Balaban J connectivity index is 2.27. The molecule has 2 unspecified atom stereocenters. The van der Waals surface area contributed by atoms with E-state index in [9.17, 15) is 9.59 Å². The lowest BCUT2D eigenvalue weighted by Gasteiger charge is -1.87. The molecule has 0 aromatic carbocycles. The molecule has 0 radical (unpaired) electrons. The van der Waals surface area contributed by atoms with Crippen LogP contribution in [0.1, 0.15) is 6.42 Å². The number of ether oxygens (including phenoxy) is 1. The van der Waals surface area contributed by atoms with Gasteiger partial charge in [-0.3, -0.25) is 0 Å². The van der Waals surface area contributed by atoms with Gasteiger partial charge in [0.15, 0.2) is 0 Å². The van der Waals surface area contributed by atoms with Gasteiger partial charge in [0.1, 0.15) is 6.29 Å². The highest BCUT2D eigenvalue weighted by molar-refractivity contribution is 5.82. The van der Waals surface area contributed by atoms with E-state index in [4.69, 9.17) is 0 Å². The molecule has 0 N–H and O–H groups in total. The standard InChI is InChI=1S/C8H10O3/c1-11-8(10)3-2-6-4-7(6)5-9/h2-3,5-7H,4H2,1H3. The molecule has 1 saturated carbocycles. The highest BCUT2D eigenvalue weighted by Gasteiger charge is 2.34. The fourth-order valence-electron chi connectivity index (χ4n) is 0.884. The van der Waals surface area contributed by atoms with Gasteiger partial charge in [-0.2, -0.15) is 0 Å². The van der Waals surface area contributed by atoms with E-state index in [0.717, 1.165) is 12.7 Å². The summed E-state index contributed by atoms with van der Waals surface area (Å²) in [5, 5.41) is 0. The lowest BCUT2D eigenvalue weighted by molar-refractivity contribution is -0.134. The Morgan fingerprint density at radius 1 is 1.55 bits per heavy atom. The van der Waals surface area contributed by atoms with Crippen LogP contribution in [0.15, 0.2) is 12.2 Å². The van der Waals surface area contributed by atoms with Gasteiger partial charge >= 0.3 is 5.97 Å². The van der Waals surface area contributed by atoms with E-state index >= 15 is 0 Å². The van der Waals surface area contributed by atoms with Gasteiger partial charge in [0.2, 0.25) is 0 Å². The van der Waals surface area contributed by atoms with Gasteiger partial charge < -0.3 is 9.53 Å². The zero-order chi connectivity index (χ0) is 8.27. The van der Waals surface area contributed by atoms with Gasteiger partial charge in [0, 0.05) is 12.0 Å². The van der Waals surface area contributed by atoms with Crippen LogP contribution in [0, 0.1) is 11.8 Å². The third kappa shape index (κ3) is 2.18. The predicted octanol–water partition coefficient (Wildman–Crippen LogP) is 0.551. The van der Waals surface area contributed by atoms with Crippen LogP contribution in [0.4, 0.5) is 0 Å². The third-order valence-electron chi connectivity index (χ3n) is 1.75. The molecule has 11 heavy (non-hydrogen) atoms. The van der Waals surface area contributed by atoms with E-state index in [1.54, 1.807) is 6.08 Å². The van der Waals surface area contributed by atoms with Crippen LogP contribution in [0.25, 0.3) is 0 Å². The number of methoxy groups -OCH3 is 1. The zero-order valence-corrected chi connectivity index (χ0v) is 6.32.